The molecule has 18 heavy (non-hydrogen) atoms. The molecule has 0 fully saturated rings. The van der Waals surface area contributed by atoms with Crippen LogP contribution in [-0.2, 0) is 16.0 Å². The van der Waals surface area contributed by atoms with E-state index in [2.05, 4.69) is 40.8 Å². The number of esters is 1. The van der Waals surface area contributed by atoms with Crippen molar-refractivity contribution in [1.29, 1.82) is 0 Å². The number of hydrogen-bond donors (Lipinski definition) is 1. The monoisotopic (exact) mass is 271 g/mol. The van der Waals surface area contributed by atoms with Gasteiger partial charge in [0.25, 0.3) is 0 Å². The molecule has 0 aliphatic carbocycles. The molecule has 1 aromatic heterocycles. The van der Waals surface area contributed by atoms with Gasteiger partial charge in [0.05, 0.1) is 19.2 Å². The summed E-state index contributed by atoms with van der Waals surface area (Å²) in [5, 5.41) is 5.99. The lowest BCUT2D eigenvalue weighted by Gasteiger charge is -2.20. The predicted molar refractivity (Wildman–Crippen MR) is 74.1 cm³/mol. The molecule has 0 saturated heterocycles. The first-order chi connectivity index (χ1) is 8.52. The third-order valence-electron chi connectivity index (χ3n) is 2.73. The van der Waals surface area contributed by atoms with Gasteiger partial charge >= 0.3 is 5.97 Å². The number of carbonyl (C=O) groups is 1. The number of nitrogens with one attached hydrogen (secondary N) is 1. The summed E-state index contributed by atoms with van der Waals surface area (Å²) < 4.78 is 4.60. The van der Waals surface area contributed by atoms with Crippen molar-refractivity contribution in [2.75, 3.05) is 32.6 Å². The summed E-state index contributed by atoms with van der Waals surface area (Å²) in [6.07, 6.45) is 0.237. The van der Waals surface area contributed by atoms with Gasteiger partial charge in [-0.25, -0.2) is 4.98 Å². The van der Waals surface area contributed by atoms with E-state index in [0.717, 1.165) is 23.9 Å². The summed E-state index contributed by atoms with van der Waals surface area (Å²) in [6, 6.07) is 0.540. The van der Waals surface area contributed by atoms with Crippen molar-refractivity contribution < 1.29 is 9.53 Å². The van der Waals surface area contributed by atoms with Crippen LogP contribution in [0.5, 0.6) is 0 Å². The minimum absolute atomic E-state index is 0.237. The highest BCUT2D eigenvalue weighted by molar-refractivity contribution is 7.13. The second-order valence-corrected chi connectivity index (χ2v) is 5.26. The van der Waals surface area contributed by atoms with Crippen LogP contribution in [-0.4, -0.2) is 49.1 Å². The van der Waals surface area contributed by atoms with Crippen LogP contribution in [0, 0.1) is 0 Å². The number of aromatic nitrogens is 1. The van der Waals surface area contributed by atoms with Crippen LogP contribution in [0.3, 0.4) is 0 Å². The number of hydrogen-bond acceptors (Lipinski definition) is 6. The van der Waals surface area contributed by atoms with E-state index in [-0.39, 0.29) is 12.4 Å². The first kappa shape index (κ1) is 14.9. The molecule has 102 valence electrons. The molecule has 0 spiro atoms. The van der Waals surface area contributed by atoms with Gasteiger partial charge in [-0.1, -0.05) is 0 Å². The van der Waals surface area contributed by atoms with Crippen LogP contribution in [0.1, 0.15) is 19.5 Å². The summed E-state index contributed by atoms with van der Waals surface area (Å²) in [5.74, 6) is -0.258. The van der Waals surface area contributed by atoms with E-state index in [9.17, 15) is 4.79 Å². The lowest BCUT2D eigenvalue weighted by atomic mass is 10.3. The standard InChI is InChI=1S/C12H21N3O2S/c1-9(2)15(3)6-5-13-12-14-10(8-18-12)7-11(16)17-4/h8-9H,5-7H2,1-4H3,(H,13,14). The molecule has 0 amide bonds. The van der Waals surface area contributed by atoms with Gasteiger partial charge in [-0.2, -0.15) is 0 Å². The normalized spacial score (nSPS) is 11.0. The maximum absolute atomic E-state index is 11.1. The lowest BCUT2D eigenvalue weighted by molar-refractivity contribution is -0.139. The fraction of sp³-hybridized carbons (Fsp3) is 0.667. The zero-order valence-electron chi connectivity index (χ0n) is 11.4. The maximum Gasteiger partial charge on any atom is 0.311 e. The number of thiazole rings is 1. The Hall–Kier alpha value is -1.14. The van der Waals surface area contributed by atoms with E-state index in [1.54, 1.807) is 0 Å². The molecular weight excluding hydrogens is 250 g/mol. The molecule has 1 heterocycles. The Morgan fingerprint density at radius 1 is 1.61 bits per heavy atom. The highest BCUT2D eigenvalue weighted by atomic mass is 32.1. The topological polar surface area (TPSA) is 54.5 Å². The molecule has 0 aliphatic rings. The van der Waals surface area contributed by atoms with Crippen molar-refractivity contribution in [1.82, 2.24) is 9.88 Å². The summed E-state index contributed by atoms with van der Waals surface area (Å²) in [6.45, 7) is 6.14. The average molecular weight is 271 g/mol. The van der Waals surface area contributed by atoms with Crippen LogP contribution in [0.15, 0.2) is 5.38 Å². The van der Waals surface area contributed by atoms with Gasteiger partial charge in [-0.15, -0.1) is 11.3 Å². The number of rotatable bonds is 7. The number of methoxy groups -OCH3 is 1. The average Bonchev–Trinajstić information content (AvgIpc) is 2.76. The largest absolute Gasteiger partial charge is 0.469 e. The zero-order chi connectivity index (χ0) is 13.5. The molecule has 1 aromatic rings. The van der Waals surface area contributed by atoms with Crippen molar-refractivity contribution in [2.45, 2.75) is 26.3 Å². The van der Waals surface area contributed by atoms with Gasteiger partial charge in [0, 0.05) is 24.5 Å². The molecule has 1 rings (SSSR count). The molecule has 0 unspecified atom stereocenters. The molecular formula is C12H21N3O2S. The van der Waals surface area contributed by atoms with Gasteiger partial charge in [0.15, 0.2) is 5.13 Å². The number of carbonyl (C=O) groups excluding carboxylic acids is 1. The SMILES string of the molecule is COC(=O)Cc1csc(NCCN(C)C(C)C)n1. The number of nitrogens with zero attached hydrogens (tertiary/aromatic N) is 2. The Morgan fingerprint density at radius 2 is 2.33 bits per heavy atom. The Morgan fingerprint density at radius 3 is 2.94 bits per heavy atom. The highest BCUT2D eigenvalue weighted by Crippen LogP contribution is 2.15. The van der Waals surface area contributed by atoms with E-state index < -0.39 is 0 Å². The minimum Gasteiger partial charge on any atom is -0.469 e. The van der Waals surface area contributed by atoms with E-state index >= 15 is 0 Å². The van der Waals surface area contributed by atoms with Crippen LogP contribution < -0.4 is 5.32 Å². The van der Waals surface area contributed by atoms with Gasteiger partial charge in [0.1, 0.15) is 0 Å². The second-order valence-electron chi connectivity index (χ2n) is 4.40. The fourth-order valence-electron chi connectivity index (χ4n) is 1.29. The van der Waals surface area contributed by atoms with Gasteiger partial charge in [0.2, 0.25) is 0 Å². The number of likely N-dealkylation sites (N-methyl/N-ethyl adjacent to an activating group) is 1. The molecule has 1 N–H and O–H groups in total. The first-order valence-corrected chi connectivity index (χ1v) is 6.86. The van der Waals surface area contributed by atoms with Gasteiger partial charge in [-0.05, 0) is 20.9 Å². The smallest absolute Gasteiger partial charge is 0.311 e. The maximum atomic E-state index is 11.1. The molecule has 0 aliphatic heterocycles. The summed E-state index contributed by atoms with van der Waals surface area (Å²) >= 11 is 1.51. The molecule has 0 atom stereocenters. The fourth-order valence-corrected chi connectivity index (χ4v) is 2.03. The number of ether oxygens (including phenoxy) is 1. The van der Waals surface area contributed by atoms with Crippen molar-refractivity contribution in [3.63, 3.8) is 0 Å². The second kappa shape index (κ2) is 7.33. The quantitative estimate of drug-likeness (QED) is 0.764. The third-order valence-corrected chi connectivity index (χ3v) is 3.58. The van der Waals surface area contributed by atoms with E-state index in [1.165, 1.54) is 18.4 Å². The Bertz CT molecular complexity index is 379. The van der Waals surface area contributed by atoms with E-state index in [1.807, 2.05) is 5.38 Å². The lowest BCUT2D eigenvalue weighted by Crippen LogP contribution is -2.31. The number of anilines is 1. The molecule has 0 radical (unpaired) electrons. The van der Waals surface area contributed by atoms with Crippen LogP contribution in [0.25, 0.3) is 0 Å². The molecule has 0 saturated carbocycles. The van der Waals surface area contributed by atoms with Crippen LogP contribution in [0.4, 0.5) is 5.13 Å². The van der Waals surface area contributed by atoms with Crippen LogP contribution in [0.2, 0.25) is 0 Å². The summed E-state index contributed by atoms with van der Waals surface area (Å²) in [7, 11) is 3.48. The zero-order valence-corrected chi connectivity index (χ0v) is 12.2. The van der Waals surface area contributed by atoms with Crippen molar-refractivity contribution in [2.24, 2.45) is 0 Å². The highest BCUT2D eigenvalue weighted by Gasteiger charge is 2.08. The summed E-state index contributed by atoms with van der Waals surface area (Å²) in [5.41, 5.74) is 0.756. The van der Waals surface area contributed by atoms with Gasteiger partial charge in [-0.3, -0.25) is 4.79 Å². The van der Waals surface area contributed by atoms with E-state index in [0.29, 0.717) is 6.04 Å². The molecule has 0 bridgehead atoms. The van der Waals surface area contributed by atoms with E-state index in [4.69, 9.17) is 0 Å². The van der Waals surface area contributed by atoms with Crippen LogP contribution >= 0.6 is 11.3 Å². The van der Waals surface area contributed by atoms with Crippen molar-refractivity contribution in [3.05, 3.63) is 11.1 Å². The van der Waals surface area contributed by atoms with Gasteiger partial charge < -0.3 is 15.0 Å². The van der Waals surface area contributed by atoms with Crippen molar-refractivity contribution in [3.8, 4) is 0 Å². The summed E-state index contributed by atoms with van der Waals surface area (Å²) in [4.78, 5) is 17.7. The minimum atomic E-state index is -0.258. The van der Waals surface area contributed by atoms with Crippen molar-refractivity contribution >= 4 is 22.4 Å². The Labute approximate surface area is 112 Å². The molecule has 5 nitrogen and oxygen atoms in total. The Kier molecular flexibility index (Phi) is 6.07. The predicted octanol–water partition coefficient (Wildman–Crippen LogP) is 1.61. The molecule has 0 aromatic carbocycles. The Balaban J connectivity index is 2.33. The first-order valence-electron chi connectivity index (χ1n) is 5.98. The third kappa shape index (κ3) is 5.01. The molecule has 6 heteroatoms.